The van der Waals surface area contributed by atoms with Crippen LogP contribution < -0.4 is 19.6 Å². The molecule has 254 valence electrons. The summed E-state index contributed by atoms with van der Waals surface area (Å²) in [6, 6.07) is 0. The van der Waals surface area contributed by atoms with Crippen LogP contribution in [0.5, 0.6) is 0 Å². The zero-order valence-electron chi connectivity index (χ0n) is 26.7. The van der Waals surface area contributed by atoms with Gasteiger partial charge < -0.3 is 48.4 Å². The maximum Gasteiger partial charge on any atom is 0.420 e. The van der Waals surface area contributed by atoms with Crippen molar-refractivity contribution in [3.8, 4) is 0 Å². The molecule has 4 rings (SSSR count). The second-order valence-electron chi connectivity index (χ2n) is 11.1. The topological polar surface area (TPSA) is 131 Å². The fourth-order valence-corrected chi connectivity index (χ4v) is 5.33. The van der Waals surface area contributed by atoms with Crippen molar-refractivity contribution < 1.29 is 42.0 Å². The normalized spacial score (nSPS) is 17.2. The highest BCUT2D eigenvalue weighted by Crippen LogP contribution is 2.42. The lowest BCUT2D eigenvalue weighted by Gasteiger charge is -2.47. The molecule has 0 aliphatic carbocycles. The number of rotatable bonds is 17. The zero-order valence-corrected chi connectivity index (χ0v) is 26.7. The lowest BCUT2D eigenvalue weighted by atomic mass is 9.93. The fourth-order valence-electron chi connectivity index (χ4n) is 5.33. The summed E-state index contributed by atoms with van der Waals surface area (Å²) in [6.07, 6.45) is -3.17. The van der Waals surface area contributed by atoms with Gasteiger partial charge >= 0.3 is 6.18 Å². The van der Waals surface area contributed by atoms with E-state index in [4.69, 9.17) is 43.6 Å². The van der Waals surface area contributed by atoms with Gasteiger partial charge in [-0.2, -0.15) is 23.1 Å². The van der Waals surface area contributed by atoms with Crippen LogP contribution in [-0.4, -0.2) is 157 Å². The molecule has 0 bridgehead atoms. The molecule has 2 aromatic rings. The molecule has 2 aliphatic rings. The first-order chi connectivity index (χ1) is 21.6. The van der Waals surface area contributed by atoms with E-state index >= 15 is 0 Å². The summed E-state index contributed by atoms with van der Waals surface area (Å²) in [5.41, 5.74) is -2.18. The molecular weight excluding hydrogens is 601 g/mol. The molecule has 0 saturated carbocycles. The summed E-state index contributed by atoms with van der Waals surface area (Å²) in [4.78, 5) is 26.8. The number of ether oxygens (including phenoxy) is 5. The molecule has 0 atom stereocenters. The van der Waals surface area contributed by atoms with Crippen molar-refractivity contribution >= 4 is 34.6 Å². The van der Waals surface area contributed by atoms with Gasteiger partial charge in [-0.15, -0.1) is 0 Å². The first-order valence-corrected chi connectivity index (χ1v) is 15.0. The average Bonchev–Trinajstić information content (AvgIpc) is 3.02. The predicted molar refractivity (Wildman–Crippen MR) is 163 cm³/mol. The van der Waals surface area contributed by atoms with E-state index in [0.717, 1.165) is 12.8 Å². The maximum atomic E-state index is 13.7. The van der Waals surface area contributed by atoms with Crippen LogP contribution in [0, 0.1) is 0 Å². The van der Waals surface area contributed by atoms with Gasteiger partial charge in [-0.3, -0.25) is 0 Å². The number of piperidine rings is 1. The Morgan fingerprint density at radius 2 is 1.11 bits per heavy atom. The number of aliphatic hydroxyl groups is 1. The lowest BCUT2D eigenvalue weighted by Crippen LogP contribution is -2.69. The smallest absolute Gasteiger partial charge is 0.383 e. The van der Waals surface area contributed by atoms with E-state index in [1.807, 2.05) is 9.80 Å². The molecule has 4 heterocycles. The standard InChI is InChI=1S/C28H45F3N8O6/c1-41-14-10-37(11-15-42-2)25-33-22-21(23(34-25)36-8-6-20(45-5)7-9-36)32-26(38(12-16-43-3)13-17-44-4)35-24(22)39-18-27(40,19-39)28(29,30)31/h20,40H,6-19H2,1-5H3. The van der Waals surface area contributed by atoms with Gasteiger partial charge in [0.25, 0.3) is 0 Å². The summed E-state index contributed by atoms with van der Waals surface area (Å²) in [5, 5.41) is 10.4. The molecule has 2 aliphatic heterocycles. The third-order valence-corrected chi connectivity index (χ3v) is 8.12. The van der Waals surface area contributed by atoms with Crippen LogP contribution in [-0.2, 0) is 23.7 Å². The highest BCUT2D eigenvalue weighted by atomic mass is 19.4. The van der Waals surface area contributed by atoms with Crippen molar-refractivity contribution in [2.45, 2.75) is 30.7 Å². The van der Waals surface area contributed by atoms with Crippen molar-refractivity contribution in [1.82, 2.24) is 19.9 Å². The van der Waals surface area contributed by atoms with Crippen molar-refractivity contribution in [1.29, 1.82) is 0 Å². The highest BCUT2D eigenvalue weighted by molar-refractivity contribution is 5.95. The van der Waals surface area contributed by atoms with E-state index < -0.39 is 24.9 Å². The number of halogens is 3. The Morgan fingerprint density at radius 1 is 0.711 bits per heavy atom. The summed E-state index contributed by atoms with van der Waals surface area (Å²) in [5.74, 6) is 1.34. The Balaban J connectivity index is 1.91. The summed E-state index contributed by atoms with van der Waals surface area (Å²) in [6.45, 7) is 3.09. The van der Waals surface area contributed by atoms with Crippen molar-refractivity contribution in [3.63, 3.8) is 0 Å². The van der Waals surface area contributed by atoms with Crippen molar-refractivity contribution in [3.05, 3.63) is 0 Å². The molecule has 45 heavy (non-hydrogen) atoms. The van der Waals surface area contributed by atoms with Gasteiger partial charge in [-0.25, -0.2) is 9.97 Å². The SMILES string of the molecule is COCCN(CCOC)c1nc(N2CC(O)(C(F)(F)F)C2)c2nc(N(CCOC)CCOC)nc(N3CCC(OC)CC3)c2n1. The molecular formula is C28H45F3N8O6. The second kappa shape index (κ2) is 15.6. The van der Waals surface area contributed by atoms with Gasteiger partial charge in [0.2, 0.25) is 11.9 Å². The monoisotopic (exact) mass is 646 g/mol. The summed E-state index contributed by atoms with van der Waals surface area (Å²) in [7, 11) is 8.04. The molecule has 0 amide bonds. The molecule has 1 N–H and O–H groups in total. The number of aromatic nitrogens is 4. The first kappa shape index (κ1) is 35.0. The maximum absolute atomic E-state index is 13.7. The number of β-amino-alcohol motifs (C(OH)–C–C–N with tert-alkyl or cyclic N) is 1. The predicted octanol–water partition coefficient (Wildman–Crippen LogP) is 1.35. The number of alkyl halides is 3. The average molecular weight is 647 g/mol. The van der Waals surface area contributed by atoms with Crippen LogP contribution in [0.25, 0.3) is 11.0 Å². The van der Waals surface area contributed by atoms with Crippen LogP contribution >= 0.6 is 0 Å². The van der Waals surface area contributed by atoms with E-state index in [-0.39, 0.29) is 23.4 Å². The number of fused-ring (bicyclic) bond motifs is 1. The molecule has 2 saturated heterocycles. The molecule has 0 radical (unpaired) electrons. The van der Waals surface area contributed by atoms with Gasteiger partial charge in [0, 0.05) is 74.8 Å². The van der Waals surface area contributed by atoms with Gasteiger partial charge in [0.15, 0.2) is 17.2 Å². The number of hydrogen-bond acceptors (Lipinski definition) is 14. The van der Waals surface area contributed by atoms with E-state index in [0.29, 0.717) is 83.0 Å². The molecule has 0 spiro atoms. The second-order valence-corrected chi connectivity index (χ2v) is 11.1. The zero-order chi connectivity index (χ0) is 32.6. The van der Waals surface area contributed by atoms with E-state index in [1.54, 1.807) is 35.5 Å². The van der Waals surface area contributed by atoms with Crippen LogP contribution in [0.3, 0.4) is 0 Å². The minimum absolute atomic E-state index is 0.106. The van der Waals surface area contributed by atoms with Crippen LogP contribution in [0.15, 0.2) is 0 Å². The van der Waals surface area contributed by atoms with Crippen molar-refractivity contribution in [2.75, 3.05) is 134 Å². The van der Waals surface area contributed by atoms with Gasteiger partial charge in [-0.1, -0.05) is 0 Å². The Labute approximate surface area is 261 Å². The molecule has 0 aromatic carbocycles. The number of anilines is 4. The Hall–Kier alpha value is -2.83. The molecule has 17 heteroatoms. The van der Waals surface area contributed by atoms with Gasteiger partial charge in [0.1, 0.15) is 11.0 Å². The summed E-state index contributed by atoms with van der Waals surface area (Å²) < 4.78 is 68.0. The van der Waals surface area contributed by atoms with Crippen LogP contribution in [0.1, 0.15) is 12.8 Å². The quantitative estimate of drug-likeness (QED) is 0.265. The number of methoxy groups -OCH3 is 5. The number of nitrogens with zero attached hydrogens (tertiary/aromatic N) is 8. The van der Waals surface area contributed by atoms with Crippen LogP contribution in [0.2, 0.25) is 0 Å². The Kier molecular flexibility index (Phi) is 12.2. The highest BCUT2D eigenvalue weighted by Gasteiger charge is 2.61. The van der Waals surface area contributed by atoms with Crippen molar-refractivity contribution in [2.24, 2.45) is 0 Å². The molecule has 14 nitrogen and oxygen atoms in total. The summed E-state index contributed by atoms with van der Waals surface area (Å²) >= 11 is 0. The number of hydrogen-bond donors (Lipinski definition) is 1. The third kappa shape index (κ3) is 8.13. The van der Waals surface area contributed by atoms with E-state index in [1.165, 1.54) is 4.90 Å². The van der Waals surface area contributed by atoms with Gasteiger partial charge in [-0.05, 0) is 12.8 Å². The van der Waals surface area contributed by atoms with Gasteiger partial charge in [0.05, 0.1) is 45.6 Å². The minimum atomic E-state index is -4.80. The fraction of sp³-hybridized carbons (Fsp3) is 0.786. The van der Waals surface area contributed by atoms with E-state index in [2.05, 4.69) is 4.90 Å². The first-order valence-electron chi connectivity index (χ1n) is 15.0. The molecule has 2 aromatic heterocycles. The largest absolute Gasteiger partial charge is 0.420 e. The van der Waals surface area contributed by atoms with Crippen LogP contribution in [0.4, 0.5) is 36.7 Å². The van der Waals surface area contributed by atoms with E-state index in [9.17, 15) is 18.3 Å². The molecule has 2 fully saturated rings. The third-order valence-electron chi connectivity index (χ3n) is 8.12. The molecule has 0 unspecified atom stereocenters. The lowest BCUT2D eigenvalue weighted by molar-refractivity contribution is -0.267. The Morgan fingerprint density at radius 3 is 1.47 bits per heavy atom. The minimum Gasteiger partial charge on any atom is -0.383 e. The Bertz CT molecular complexity index is 1210.